The maximum absolute atomic E-state index is 13.2. The summed E-state index contributed by atoms with van der Waals surface area (Å²) in [7, 11) is 0. The molecule has 3 aromatic rings. The molecular weight excluding hydrogens is 346 g/mol. The summed E-state index contributed by atoms with van der Waals surface area (Å²) in [5.41, 5.74) is 1.14. The van der Waals surface area contributed by atoms with Crippen molar-refractivity contribution in [3.63, 3.8) is 0 Å². The van der Waals surface area contributed by atoms with Crippen molar-refractivity contribution in [2.75, 3.05) is 6.54 Å². The molecule has 2 aromatic heterocycles. The Labute approximate surface area is 137 Å². The number of nitrogens with one attached hydrogen (secondary N) is 1. The van der Waals surface area contributed by atoms with Gasteiger partial charge in [0.25, 0.3) is 5.91 Å². The van der Waals surface area contributed by atoms with Crippen molar-refractivity contribution in [1.29, 1.82) is 0 Å². The fourth-order valence-corrected chi connectivity index (χ4v) is 2.99. The average Bonchev–Trinajstić information content (AvgIpc) is 2.95. The molecule has 0 saturated heterocycles. The zero-order valence-electron chi connectivity index (χ0n) is 11.9. The Morgan fingerprint density at radius 2 is 2.00 bits per heavy atom. The third kappa shape index (κ3) is 3.67. The van der Waals surface area contributed by atoms with Crippen molar-refractivity contribution >= 4 is 27.5 Å². The Morgan fingerprint density at radius 1 is 1.21 bits per heavy atom. The summed E-state index contributed by atoms with van der Waals surface area (Å²) < 4.78 is 50.3. The van der Waals surface area contributed by atoms with Gasteiger partial charge in [-0.2, -0.15) is 13.2 Å². The van der Waals surface area contributed by atoms with Crippen LogP contribution in [0.4, 0.5) is 17.6 Å². The van der Waals surface area contributed by atoms with Crippen molar-refractivity contribution in [2.45, 2.75) is 6.18 Å². The predicted octanol–water partition coefficient (Wildman–Crippen LogP) is 3.79. The van der Waals surface area contributed by atoms with Crippen LogP contribution in [0, 0.1) is 5.82 Å². The molecule has 0 aliphatic heterocycles. The lowest BCUT2D eigenvalue weighted by Crippen LogP contribution is -2.33. The summed E-state index contributed by atoms with van der Waals surface area (Å²) in [6.45, 7) is -1.40. The van der Waals surface area contributed by atoms with Crippen molar-refractivity contribution in [1.82, 2.24) is 15.3 Å². The minimum atomic E-state index is -4.47. The van der Waals surface area contributed by atoms with Gasteiger partial charge in [-0.15, -0.1) is 11.3 Å². The molecule has 0 atom stereocenters. The molecule has 0 aliphatic carbocycles. The molecule has 3 rings (SSSR count). The van der Waals surface area contributed by atoms with E-state index in [-0.39, 0.29) is 5.56 Å². The van der Waals surface area contributed by atoms with Gasteiger partial charge < -0.3 is 5.32 Å². The van der Waals surface area contributed by atoms with Crippen molar-refractivity contribution in [3.8, 4) is 10.6 Å². The number of carbonyl (C=O) groups is 1. The van der Waals surface area contributed by atoms with Crippen LogP contribution in [-0.4, -0.2) is 28.6 Å². The van der Waals surface area contributed by atoms with E-state index >= 15 is 0 Å². The first kappa shape index (κ1) is 16.3. The van der Waals surface area contributed by atoms with Crippen LogP contribution in [0.5, 0.6) is 0 Å². The van der Waals surface area contributed by atoms with E-state index in [1.807, 2.05) is 5.32 Å². The van der Waals surface area contributed by atoms with Crippen molar-refractivity contribution in [3.05, 3.63) is 48.0 Å². The number of carbonyl (C=O) groups excluding carboxylic acids is 1. The van der Waals surface area contributed by atoms with E-state index < -0.39 is 24.4 Å². The molecule has 0 radical (unpaired) electrons. The molecule has 124 valence electrons. The first-order valence-electron chi connectivity index (χ1n) is 6.68. The molecule has 0 unspecified atom stereocenters. The fourth-order valence-electron chi connectivity index (χ4n) is 2.00. The van der Waals surface area contributed by atoms with Gasteiger partial charge in [0.05, 0.1) is 16.4 Å². The van der Waals surface area contributed by atoms with Crippen LogP contribution in [0.15, 0.2) is 36.7 Å². The lowest BCUT2D eigenvalue weighted by Gasteiger charge is -2.08. The first-order chi connectivity index (χ1) is 11.3. The monoisotopic (exact) mass is 355 g/mol. The minimum Gasteiger partial charge on any atom is -0.343 e. The quantitative estimate of drug-likeness (QED) is 0.728. The molecule has 4 nitrogen and oxygen atoms in total. The topological polar surface area (TPSA) is 54.9 Å². The van der Waals surface area contributed by atoms with Gasteiger partial charge in [0.15, 0.2) is 0 Å². The molecule has 24 heavy (non-hydrogen) atoms. The van der Waals surface area contributed by atoms with Crippen LogP contribution in [-0.2, 0) is 0 Å². The normalized spacial score (nSPS) is 11.7. The number of nitrogens with zero attached hydrogens (tertiary/aromatic N) is 2. The number of benzene rings is 1. The second kappa shape index (κ2) is 6.16. The molecule has 0 aliphatic rings. The first-order valence-corrected chi connectivity index (χ1v) is 7.50. The van der Waals surface area contributed by atoms with Crippen LogP contribution in [0.2, 0.25) is 0 Å². The van der Waals surface area contributed by atoms with E-state index in [1.54, 1.807) is 0 Å². The number of hydrogen-bond donors (Lipinski definition) is 1. The molecule has 1 amide bonds. The van der Waals surface area contributed by atoms with E-state index in [4.69, 9.17) is 0 Å². The Morgan fingerprint density at radius 3 is 2.71 bits per heavy atom. The van der Waals surface area contributed by atoms with Gasteiger partial charge >= 0.3 is 6.18 Å². The summed E-state index contributed by atoms with van der Waals surface area (Å²) >= 11 is 1.19. The summed E-state index contributed by atoms with van der Waals surface area (Å²) in [6, 6.07) is 5.66. The van der Waals surface area contributed by atoms with Crippen LogP contribution >= 0.6 is 11.3 Å². The van der Waals surface area contributed by atoms with Crippen LogP contribution in [0.1, 0.15) is 10.4 Å². The third-order valence-electron chi connectivity index (χ3n) is 3.05. The molecule has 9 heteroatoms. The third-order valence-corrected chi connectivity index (χ3v) is 4.12. The highest BCUT2D eigenvalue weighted by Crippen LogP contribution is 2.30. The second-order valence-corrected chi connectivity index (χ2v) is 5.92. The predicted molar refractivity (Wildman–Crippen MR) is 81.2 cm³/mol. The molecule has 1 N–H and O–H groups in total. The van der Waals surface area contributed by atoms with E-state index in [2.05, 4.69) is 9.97 Å². The van der Waals surface area contributed by atoms with Gasteiger partial charge in [0, 0.05) is 17.3 Å². The highest BCUT2D eigenvalue weighted by Gasteiger charge is 2.28. The van der Waals surface area contributed by atoms with E-state index in [0.29, 0.717) is 20.8 Å². The molecule has 0 spiro atoms. The number of alkyl halides is 3. The number of rotatable bonds is 3. The number of fused-ring (bicyclic) bond motifs is 1. The molecule has 0 bridgehead atoms. The fraction of sp³-hybridized carbons (Fsp3) is 0.133. The van der Waals surface area contributed by atoms with Crippen LogP contribution < -0.4 is 5.32 Å². The van der Waals surface area contributed by atoms with Gasteiger partial charge in [0.1, 0.15) is 17.4 Å². The highest BCUT2D eigenvalue weighted by atomic mass is 32.1. The standard InChI is InChI=1S/C15H9F4N3OS/c16-10-3-9(5-20-6-10)14-22-11-2-1-8(4-12(11)24-14)13(23)21-7-15(17,18)19/h1-6H,7H2,(H,21,23). The summed E-state index contributed by atoms with van der Waals surface area (Å²) in [6.07, 6.45) is -1.94. The number of thiazole rings is 1. The summed E-state index contributed by atoms with van der Waals surface area (Å²) in [4.78, 5) is 19.8. The maximum Gasteiger partial charge on any atom is 0.405 e. The second-order valence-electron chi connectivity index (χ2n) is 4.89. The summed E-state index contributed by atoms with van der Waals surface area (Å²) in [5, 5.41) is 2.31. The van der Waals surface area contributed by atoms with Gasteiger partial charge in [-0.05, 0) is 24.3 Å². The largest absolute Gasteiger partial charge is 0.405 e. The van der Waals surface area contributed by atoms with Gasteiger partial charge in [-0.1, -0.05) is 0 Å². The number of pyridine rings is 1. The lowest BCUT2D eigenvalue weighted by molar-refractivity contribution is -0.123. The lowest BCUT2D eigenvalue weighted by atomic mass is 10.2. The number of aromatic nitrogens is 2. The van der Waals surface area contributed by atoms with Crippen molar-refractivity contribution in [2.24, 2.45) is 0 Å². The van der Waals surface area contributed by atoms with Gasteiger partial charge in [-0.3, -0.25) is 9.78 Å². The molecule has 1 aromatic carbocycles. The molecule has 0 fully saturated rings. The Hall–Kier alpha value is -2.55. The number of hydrogen-bond acceptors (Lipinski definition) is 4. The minimum absolute atomic E-state index is 0.0966. The number of amides is 1. The SMILES string of the molecule is O=C(NCC(F)(F)F)c1ccc2nc(-c3cncc(F)c3)sc2c1. The number of halogens is 4. The highest BCUT2D eigenvalue weighted by molar-refractivity contribution is 7.21. The molecule has 2 heterocycles. The summed E-state index contributed by atoms with van der Waals surface area (Å²) in [5.74, 6) is -1.32. The van der Waals surface area contributed by atoms with E-state index in [0.717, 1.165) is 6.20 Å². The Bertz CT molecular complexity index is 907. The molecule has 0 saturated carbocycles. The van der Waals surface area contributed by atoms with E-state index in [9.17, 15) is 22.4 Å². The maximum atomic E-state index is 13.2. The molecular formula is C15H9F4N3OS. The van der Waals surface area contributed by atoms with Crippen LogP contribution in [0.3, 0.4) is 0 Å². The van der Waals surface area contributed by atoms with Crippen molar-refractivity contribution < 1.29 is 22.4 Å². The van der Waals surface area contributed by atoms with Gasteiger partial charge in [0.2, 0.25) is 0 Å². The Balaban J connectivity index is 1.88. The zero-order chi connectivity index (χ0) is 17.3. The van der Waals surface area contributed by atoms with Crippen LogP contribution in [0.25, 0.3) is 20.8 Å². The zero-order valence-corrected chi connectivity index (χ0v) is 12.7. The Kier molecular flexibility index (Phi) is 4.18. The average molecular weight is 355 g/mol. The van der Waals surface area contributed by atoms with E-state index in [1.165, 1.54) is 41.8 Å². The smallest absolute Gasteiger partial charge is 0.343 e. The van der Waals surface area contributed by atoms with Gasteiger partial charge in [-0.25, -0.2) is 9.37 Å².